The van der Waals surface area contributed by atoms with E-state index in [4.69, 9.17) is 26.2 Å². The Labute approximate surface area is 192 Å². The van der Waals surface area contributed by atoms with E-state index in [-0.39, 0.29) is 23.6 Å². The van der Waals surface area contributed by atoms with Crippen LogP contribution in [0.15, 0.2) is 47.9 Å². The molecule has 1 heterocycles. The Morgan fingerprint density at radius 3 is 2.81 bits per heavy atom. The van der Waals surface area contributed by atoms with Crippen molar-refractivity contribution in [3.8, 4) is 11.5 Å². The van der Waals surface area contributed by atoms with E-state index in [1.54, 1.807) is 35.7 Å². The van der Waals surface area contributed by atoms with Gasteiger partial charge in [0, 0.05) is 17.0 Å². The molecule has 1 amide bonds. The summed E-state index contributed by atoms with van der Waals surface area (Å²) in [6.07, 6.45) is 2.67. The molecule has 0 saturated carbocycles. The van der Waals surface area contributed by atoms with Crippen LogP contribution in [0.25, 0.3) is 6.08 Å². The van der Waals surface area contributed by atoms with Crippen molar-refractivity contribution in [2.75, 3.05) is 12.4 Å². The highest BCUT2D eigenvalue weighted by Gasteiger charge is 2.11. The highest BCUT2D eigenvalue weighted by Crippen LogP contribution is 2.30. The van der Waals surface area contributed by atoms with Crippen molar-refractivity contribution in [2.24, 2.45) is 0 Å². The molecule has 2 aromatic carbocycles. The van der Waals surface area contributed by atoms with Gasteiger partial charge in [0.2, 0.25) is 5.91 Å². The van der Waals surface area contributed by atoms with Crippen molar-refractivity contribution in [2.45, 2.75) is 13.0 Å². The van der Waals surface area contributed by atoms with Gasteiger partial charge in [0.1, 0.15) is 12.4 Å². The number of rotatable bonds is 9. The fourth-order valence-electron chi connectivity index (χ4n) is 2.65. The third kappa shape index (κ3) is 6.29. The number of benzene rings is 2. The smallest absolute Gasteiger partial charge is 0.309 e. The summed E-state index contributed by atoms with van der Waals surface area (Å²) in [6, 6.07) is 9.42. The predicted octanol–water partition coefficient (Wildman–Crippen LogP) is 4.80. The number of amides is 1. The van der Waals surface area contributed by atoms with E-state index in [0.29, 0.717) is 27.9 Å². The average molecular weight is 477 g/mol. The van der Waals surface area contributed by atoms with E-state index in [2.05, 4.69) is 10.3 Å². The van der Waals surface area contributed by atoms with E-state index < -0.39 is 17.7 Å². The van der Waals surface area contributed by atoms with Crippen molar-refractivity contribution < 1.29 is 28.6 Å². The standard InChI is InChI=1S/C22H18ClFN2O5S/c1-30-19-9-13(5-7-18(19)31-11-15-16(23)3-2-4-17(15)24)6-8-20(27)26-22-25-14(12-32-22)10-21(28)29/h2-9,12H,10-11H2,1H3,(H,28,29)(H,25,26,27)/b8-6+. The number of anilines is 1. The Morgan fingerprint density at radius 2 is 2.09 bits per heavy atom. The summed E-state index contributed by atoms with van der Waals surface area (Å²) in [5, 5.41) is 13.5. The Kier molecular flexibility index (Phi) is 7.80. The van der Waals surface area contributed by atoms with Crippen molar-refractivity contribution >= 4 is 46.0 Å². The first-order valence-electron chi connectivity index (χ1n) is 9.24. The number of thiazole rings is 1. The van der Waals surface area contributed by atoms with E-state index in [0.717, 1.165) is 11.3 Å². The zero-order chi connectivity index (χ0) is 23.1. The summed E-state index contributed by atoms with van der Waals surface area (Å²) in [5.41, 5.74) is 1.28. The summed E-state index contributed by atoms with van der Waals surface area (Å²) in [4.78, 5) is 26.9. The van der Waals surface area contributed by atoms with Gasteiger partial charge in [0.15, 0.2) is 16.6 Å². The van der Waals surface area contributed by atoms with Gasteiger partial charge in [-0.2, -0.15) is 0 Å². The third-order valence-corrected chi connectivity index (χ3v) is 5.32. The largest absolute Gasteiger partial charge is 0.493 e. The van der Waals surface area contributed by atoms with Gasteiger partial charge in [-0.15, -0.1) is 11.3 Å². The lowest BCUT2D eigenvalue weighted by Gasteiger charge is -2.12. The van der Waals surface area contributed by atoms with Crippen LogP contribution in [0.1, 0.15) is 16.8 Å². The van der Waals surface area contributed by atoms with Crippen LogP contribution in [0.5, 0.6) is 11.5 Å². The number of nitrogens with zero attached hydrogens (tertiary/aromatic N) is 1. The summed E-state index contributed by atoms with van der Waals surface area (Å²) in [5.74, 6) is -1.08. The molecular formula is C22H18ClFN2O5S. The number of nitrogens with one attached hydrogen (secondary N) is 1. The van der Waals surface area contributed by atoms with Crippen molar-refractivity contribution in [1.82, 2.24) is 4.98 Å². The number of carbonyl (C=O) groups is 2. The predicted molar refractivity (Wildman–Crippen MR) is 120 cm³/mol. The van der Waals surface area contributed by atoms with Gasteiger partial charge in [-0.05, 0) is 35.9 Å². The summed E-state index contributed by atoms with van der Waals surface area (Å²) < 4.78 is 24.9. The van der Waals surface area contributed by atoms with Gasteiger partial charge in [-0.1, -0.05) is 23.7 Å². The molecule has 3 aromatic rings. The summed E-state index contributed by atoms with van der Waals surface area (Å²) >= 11 is 7.16. The number of halogens is 2. The zero-order valence-electron chi connectivity index (χ0n) is 16.8. The van der Waals surface area contributed by atoms with Crippen LogP contribution < -0.4 is 14.8 Å². The van der Waals surface area contributed by atoms with E-state index >= 15 is 0 Å². The zero-order valence-corrected chi connectivity index (χ0v) is 18.4. The SMILES string of the molecule is COc1cc(/C=C/C(=O)Nc2nc(CC(=O)O)cs2)ccc1OCc1c(F)cccc1Cl. The molecule has 0 atom stereocenters. The maximum Gasteiger partial charge on any atom is 0.309 e. The average Bonchev–Trinajstić information content (AvgIpc) is 3.18. The van der Waals surface area contributed by atoms with Crippen LogP contribution in [0.2, 0.25) is 5.02 Å². The number of aromatic nitrogens is 1. The first-order chi connectivity index (χ1) is 15.4. The lowest BCUT2D eigenvalue weighted by molar-refractivity contribution is -0.136. The monoisotopic (exact) mass is 476 g/mol. The summed E-state index contributed by atoms with van der Waals surface area (Å²) in [7, 11) is 1.47. The molecule has 32 heavy (non-hydrogen) atoms. The quantitative estimate of drug-likeness (QED) is 0.430. The lowest BCUT2D eigenvalue weighted by atomic mass is 10.2. The molecular weight excluding hydrogens is 459 g/mol. The molecule has 0 saturated heterocycles. The molecule has 0 spiro atoms. The molecule has 10 heteroatoms. The molecule has 7 nitrogen and oxygen atoms in total. The molecule has 0 radical (unpaired) electrons. The molecule has 0 aliphatic rings. The minimum absolute atomic E-state index is 0.0723. The minimum atomic E-state index is -0.994. The van der Waals surface area contributed by atoms with E-state index in [9.17, 15) is 14.0 Å². The normalized spacial score (nSPS) is 10.8. The third-order valence-electron chi connectivity index (χ3n) is 4.16. The van der Waals surface area contributed by atoms with Crippen LogP contribution in [-0.2, 0) is 22.6 Å². The second-order valence-corrected chi connectivity index (χ2v) is 7.70. The second kappa shape index (κ2) is 10.7. The molecule has 1 aromatic heterocycles. The number of methoxy groups -OCH3 is 1. The van der Waals surface area contributed by atoms with Crippen LogP contribution in [0.4, 0.5) is 9.52 Å². The maximum absolute atomic E-state index is 13.9. The van der Waals surface area contributed by atoms with Crippen molar-refractivity contribution in [3.63, 3.8) is 0 Å². The lowest BCUT2D eigenvalue weighted by Crippen LogP contribution is -2.08. The Bertz CT molecular complexity index is 1140. The highest BCUT2D eigenvalue weighted by atomic mass is 35.5. The number of carboxylic acid groups (broad SMARTS) is 1. The topological polar surface area (TPSA) is 97.8 Å². The first-order valence-corrected chi connectivity index (χ1v) is 10.5. The maximum atomic E-state index is 13.9. The fraction of sp³-hybridized carbons (Fsp3) is 0.136. The molecule has 0 fully saturated rings. The number of ether oxygens (including phenoxy) is 2. The number of hydrogen-bond acceptors (Lipinski definition) is 6. The minimum Gasteiger partial charge on any atom is -0.493 e. The van der Waals surface area contributed by atoms with Gasteiger partial charge in [-0.25, -0.2) is 9.37 Å². The Balaban J connectivity index is 1.63. The number of aliphatic carboxylic acids is 1. The molecule has 0 aliphatic carbocycles. The fourth-order valence-corrected chi connectivity index (χ4v) is 3.58. The van der Waals surface area contributed by atoms with Gasteiger partial charge >= 0.3 is 5.97 Å². The number of carboxylic acids is 1. The van der Waals surface area contributed by atoms with Gasteiger partial charge < -0.3 is 14.6 Å². The first kappa shape index (κ1) is 23.2. The molecule has 0 unspecified atom stereocenters. The van der Waals surface area contributed by atoms with Crippen molar-refractivity contribution in [1.29, 1.82) is 0 Å². The van der Waals surface area contributed by atoms with E-state index in [1.165, 1.54) is 25.3 Å². The van der Waals surface area contributed by atoms with Crippen LogP contribution in [0.3, 0.4) is 0 Å². The second-order valence-electron chi connectivity index (χ2n) is 6.44. The summed E-state index contributed by atoms with van der Waals surface area (Å²) in [6.45, 7) is -0.0723. The van der Waals surface area contributed by atoms with Crippen LogP contribution in [-0.4, -0.2) is 29.1 Å². The van der Waals surface area contributed by atoms with Crippen LogP contribution >= 0.6 is 22.9 Å². The number of carbonyl (C=O) groups excluding carboxylic acids is 1. The molecule has 0 aliphatic heterocycles. The van der Waals surface area contributed by atoms with Gasteiger partial charge in [-0.3, -0.25) is 14.9 Å². The van der Waals surface area contributed by atoms with Crippen LogP contribution in [0, 0.1) is 5.82 Å². The van der Waals surface area contributed by atoms with Gasteiger partial charge in [0.25, 0.3) is 0 Å². The molecule has 0 bridgehead atoms. The van der Waals surface area contributed by atoms with Gasteiger partial charge in [0.05, 0.1) is 24.2 Å². The Morgan fingerprint density at radius 1 is 1.28 bits per heavy atom. The molecule has 3 rings (SSSR count). The highest BCUT2D eigenvalue weighted by molar-refractivity contribution is 7.14. The number of hydrogen-bond donors (Lipinski definition) is 2. The molecule has 166 valence electrons. The van der Waals surface area contributed by atoms with Crippen molar-refractivity contribution in [3.05, 3.63) is 75.5 Å². The van der Waals surface area contributed by atoms with E-state index in [1.807, 2.05) is 0 Å². The Hall–Kier alpha value is -3.43. The molecule has 2 N–H and O–H groups in total.